The van der Waals surface area contributed by atoms with Crippen molar-refractivity contribution in [1.29, 1.82) is 0 Å². The lowest BCUT2D eigenvalue weighted by Gasteiger charge is -2.53. The molecule has 0 aromatic heterocycles. The van der Waals surface area contributed by atoms with Crippen molar-refractivity contribution in [3.05, 3.63) is 46.6 Å². The Balaban J connectivity index is 2.70. The Bertz CT molecular complexity index is 608. The van der Waals surface area contributed by atoms with Crippen molar-refractivity contribution in [3.63, 3.8) is 0 Å². The van der Waals surface area contributed by atoms with E-state index < -0.39 is 17.1 Å². The van der Waals surface area contributed by atoms with Crippen LogP contribution in [0.3, 0.4) is 0 Å². The molecule has 0 spiro atoms. The van der Waals surface area contributed by atoms with Gasteiger partial charge in [0.2, 0.25) is 0 Å². The van der Waals surface area contributed by atoms with Gasteiger partial charge in [-0.05, 0) is 47.0 Å². The summed E-state index contributed by atoms with van der Waals surface area (Å²) >= 11 is 15.3. The third-order valence-corrected chi connectivity index (χ3v) is 14.8. The average molecular weight is 398 g/mol. The highest BCUT2D eigenvalue weighted by Gasteiger charge is 2.64. The third kappa shape index (κ3) is 2.77. The van der Waals surface area contributed by atoms with Gasteiger partial charge in [-0.15, -0.1) is 23.2 Å². The van der Waals surface area contributed by atoms with Gasteiger partial charge in [-0.25, -0.2) is 0 Å². The molecule has 0 aromatic carbocycles. The van der Waals surface area contributed by atoms with Crippen molar-refractivity contribution in [3.8, 4) is 0 Å². The van der Waals surface area contributed by atoms with E-state index in [9.17, 15) is 0 Å². The van der Waals surface area contributed by atoms with E-state index in [1.807, 2.05) is 0 Å². The number of hydrogen-bond acceptors (Lipinski definition) is 0. The van der Waals surface area contributed by atoms with E-state index in [-0.39, 0.29) is 0 Å². The SMILES string of the molecule is CCC1=CC=C(C(C)C)C1(Cl)[Si](C)(C)C1(Cl)C(CC)=CC=C1C(C)C. The van der Waals surface area contributed by atoms with Crippen molar-refractivity contribution in [2.45, 2.75) is 76.5 Å². The summed E-state index contributed by atoms with van der Waals surface area (Å²) in [5.41, 5.74) is 5.40. The van der Waals surface area contributed by atoms with Gasteiger partial charge < -0.3 is 0 Å². The summed E-state index contributed by atoms with van der Waals surface area (Å²) < 4.78 is -0.825. The molecule has 2 aliphatic carbocycles. The molecular weight excluding hydrogens is 363 g/mol. The first-order valence-corrected chi connectivity index (χ1v) is 13.5. The predicted molar refractivity (Wildman–Crippen MR) is 117 cm³/mol. The highest BCUT2D eigenvalue weighted by Crippen LogP contribution is 2.59. The Labute approximate surface area is 166 Å². The lowest BCUT2D eigenvalue weighted by atomic mass is 9.97. The minimum atomic E-state index is -2.25. The molecule has 0 fully saturated rings. The largest absolute Gasteiger partial charge is 0.116 e. The molecule has 2 rings (SSSR count). The second-order valence-electron chi connectivity index (χ2n) is 8.59. The molecule has 0 saturated heterocycles. The molecule has 0 bridgehead atoms. The first kappa shape index (κ1) is 21.1. The number of halogens is 2. The standard InChI is InChI=1S/C22H34Cl2Si/c1-9-17-11-13-19(15(3)4)21(17,23)25(7,8)22(24)18(10-2)12-14-20(22)16(5)6/h11-16H,9-10H2,1-8H3. The highest BCUT2D eigenvalue weighted by atomic mass is 35.5. The van der Waals surface area contributed by atoms with Crippen LogP contribution in [0.15, 0.2) is 46.6 Å². The Morgan fingerprint density at radius 2 is 1.08 bits per heavy atom. The van der Waals surface area contributed by atoms with Gasteiger partial charge in [0.15, 0.2) is 0 Å². The van der Waals surface area contributed by atoms with E-state index in [0.29, 0.717) is 11.8 Å². The van der Waals surface area contributed by atoms with Gasteiger partial charge in [-0.1, -0.05) is 78.9 Å². The van der Waals surface area contributed by atoms with Gasteiger partial charge in [0.1, 0.15) is 8.07 Å². The van der Waals surface area contributed by atoms with Crippen LogP contribution in [0.2, 0.25) is 13.1 Å². The molecule has 0 N–H and O–H groups in total. The fraction of sp³-hybridized carbons (Fsp3) is 0.636. The Kier molecular flexibility index (Phi) is 5.94. The molecule has 25 heavy (non-hydrogen) atoms. The first-order valence-electron chi connectivity index (χ1n) is 9.71. The van der Waals surface area contributed by atoms with Crippen molar-refractivity contribution in [2.75, 3.05) is 0 Å². The number of allylic oxidation sites excluding steroid dienone is 8. The molecule has 0 heterocycles. The molecule has 0 nitrogen and oxygen atoms in total. The van der Waals surface area contributed by atoms with Crippen LogP contribution in [0.5, 0.6) is 0 Å². The monoisotopic (exact) mass is 396 g/mol. The molecule has 0 aliphatic heterocycles. The molecular formula is C22H34Cl2Si. The maximum Gasteiger partial charge on any atom is 0.116 e. The molecule has 2 atom stereocenters. The molecule has 140 valence electrons. The van der Waals surface area contributed by atoms with Crippen LogP contribution in [-0.2, 0) is 0 Å². The van der Waals surface area contributed by atoms with Gasteiger partial charge in [0.25, 0.3) is 0 Å². The summed E-state index contributed by atoms with van der Waals surface area (Å²) in [7, 11) is -2.25. The summed E-state index contributed by atoms with van der Waals surface area (Å²) in [4.78, 5) is 0. The molecule has 0 radical (unpaired) electrons. The van der Waals surface area contributed by atoms with Gasteiger partial charge >= 0.3 is 0 Å². The topological polar surface area (TPSA) is 0 Å². The quantitative estimate of drug-likeness (QED) is 0.320. The fourth-order valence-corrected chi connectivity index (χ4v) is 11.6. The average Bonchev–Trinajstić information content (AvgIpc) is 3.06. The van der Waals surface area contributed by atoms with Crippen LogP contribution in [-0.4, -0.2) is 17.1 Å². The fourth-order valence-electron chi connectivity index (χ4n) is 4.88. The van der Waals surface area contributed by atoms with E-state index in [0.717, 1.165) is 12.8 Å². The van der Waals surface area contributed by atoms with E-state index >= 15 is 0 Å². The lowest BCUT2D eigenvalue weighted by molar-refractivity contribution is 0.679. The van der Waals surface area contributed by atoms with E-state index in [4.69, 9.17) is 23.2 Å². The summed E-state index contributed by atoms with van der Waals surface area (Å²) in [5, 5.41) is 0. The normalized spacial score (nSPS) is 29.9. The molecule has 0 saturated carbocycles. The number of rotatable bonds is 6. The van der Waals surface area contributed by atoms with E-state index in [1.54, 1.807) is 0 Å². The molecule has 2 aliphatic rings. The zero-order valence-electron chi connectivity index (χ0n) is 17.1. The second kappa shape index (κ2) is 7.06. The summed E-state index contributed by atoms with van der Waals surface area (Å²) in [6, 6.07) is 0. The molecule has 0 amide bonds. The van der Waals surface area contributed by atoms with Gasteiger partial charge in [0, 0.05) is 0 Å². The van der Waals surface area contributed by atoms with Crippen molar-refractivity contribution >= 4 is 31.3 Å². The highest BCUT2D eigenvalue weighted by molar-refractivity contribution is 6.97. The molecule has 0 aromatic rings. The molecule has 3 heteroatoms. The number of alkyl halides is 2. The Hall–Kier alpha value is -0.243. The van der Waals surface area contributed by atoms with E-state index in [1.165, 1.54) is 22.3 Å². The Morgan fingerprint density at radius 1 is 0.760 bits per heavy atom. The number of hydrogen-bond donors (Lipinski definition) is 0. The maximum atomic E-state index is 7.64. The van der Waals surface area contributed by atoms with Crippen LogP contribution in [0, 0.1) is 11.8 Å². The Morgan fingerprint density at radius 3 is 1.32 bits per heavy atom. The van der Waals surface area contributed by atoms with Crippen LogP contribution in [0.25, 0.3) is 0 Å². The summed E-state index contributed by atoms with van der Waals surface area (Å²) in [6.07, 6.45) is 11.0. The van der Waals surface area contributed by atoms with Crippen LogP contribution >= 0.6 is 23.2 Å². The summed E-state index contributed by atoms with van der Waals surface area (Å²) in [6.45, 7) is 18.3. The zero-order chi connectivity index (χ0) is 19.2. The molecule has 2 unspecified atom stereocenters. The summed E-state index contributed by atoms with van der Waals surface area (Å²) in [5.74, 6) is 0.846. The first-order chi connectivity index (χ1) is 11.5. The van der Waals surface area contributed by atoms with Gasteiger partial charge in [0.05, 0.1) is 8.99 Å². The van der Waals surface area contributed by atoms with Gasteiger partial charge in [-0.2, -0.15) is 0 Å². The minimum Gasteiger partial charge on any atom is -0.113 e. The van der Waals surface area contributed by atoms with E-state index in [2.05, 4.69) is 78.9 Å². The van der Waals surface area contributed by atoms with Gasteiger partial charge in [-0.3, -0.25) is 0 Å². The smallest absolute Gasteiger partial charge is 0.113 e. The van der Waals surface area contributed by atoms with Crippen molar-refractivity contribution < 1.29 is 0 Å². The predicted octanol–water partition coefficient (Wildman–Crippen LogP) is 7.59. The second-order valence-corrected chi connectivity index (χ2v) is 15.1. The lowest BCUT2D eigenvalue weighted by Crippen LogP contribution is -2.66. The zero-order valence-corrected chi connectivity index (χ0v) is 19.6. The van der Waals surface area contributed by atoms with Crippen LogP contribution in [0.1, 0.15) is 54.4 Å². The maximum absolute atomic E-state index is 7.64. The van der Waals surface area contributed by atoms with Crippen LogP contribution in [0.4, 0.5) is 0 Å². The van der Waals surface area contributed by atoms with Crippen molar-refractivity contribution in [1.82, 2.24) is 0 Å². The van der Waals surface area contributed by atoms with Crippen LogP contribution < -0.4 is 0 Å². The minimum absolute atomic E-state index is 0.412. The van der Waals surface area contributed by atoms with Crippen molar-refractivity contribution in [2.24, 2.45) is 11.8 Å². The third-order valence-electron chi connectivity index (χ3n) is 6.34.